The van der Waals surface area contributed by atoms with Gasteiger partial charge in [-0.3, -0.25) is 4.68 Å². The summed E-state index contributed by atoms with van der Waals surface area (Å²) >= 11 is 0. The molecule has 0 aliphatic heterocycles. The predicted octanol–water partition coefficient (Wildman–Crippen LogP) is 3.48. The zero-order valence-corrected chi connectivity index (χ0v) is 11.4. The quantitative estimate of drug-likeness (QED) is 0.596. The van der Waals surface area contributed by atoms with Crippen LogP contribution in [0.15, 0.2) is 6.20 Å². The first-order chi connectivity index (χ1) is 8.86. The summed E-state index contributed by atoms with van der Waals surface area (Å²) in [4.78, 5) is 0. The molecule has 100 valence electrons. The van der Waals surface area contributed by atoms with Gasteiger partial charge in [-0.25, -0.2) is 0 Å². The lowest BCUT2D eigenvalue weighted by Crippen LogP contribution is -1.98. The van der Waals surface area contributed by atoms with Gasteiger partial charge in [0, 0.05) is 25.6 Å². The molecule has 0 aliphatic carbocycles. The molecule has 1 aromatic heterocycles. The van der Waals surface area contributed by atoms with Gasteiger partial charge in [0.25, 0.3) is 0 Å². The van der Waals surface area contributed by atoms with Crippen molar-refractivity contribution in [3.05, 3.63) is 11.9 Å². The normalized spacial score (nSPS) is 10.4. The molecule has 4 heteroatoms. The van der Waals surface area contributed by atoms with Crippen molar-refractivity contribution in [3.63, 3.8) is 0 Å². The van der Waals surface area contributed by atoms with E-state index >= 15 is 0 Å². The molecular weight excluding hydrogens is 224 g/mol. The molecule has 18 heavy (non-hydrogen) atoms. The standard InChI is InChI=1S/C14H24N4/c1-2-3-4-5-6-7-8-12-18-13-14(16-17-18)10-9-11-15/h13H,2-10,12H2,1H3. The monoisotopic (exact) mass is 248 g/mol. The minimum Gasteiger partial charge on any atom is -0.252 e. The lowest BCUT2D eigenvalue weighted by Gasteiger charge is -2.01. The van der Waals surface area contributed by atoms with Crippen molar-refractivity contribution in [2.75, 3.05) is 0 Å². The first-order valence-electron chi connectivity index (χ1n) is 7.12. The van der Waals surface area contributed by atoms with Crippen LogP contribution in [0.2, 0.25) is 0 Å². The van der Waals surface area contributed by atoms with Gasteiger partial charge in [-0.05, 0) is 6.42 Å². The van der Waals surface area contributed by atoms with Gasteiger partial charge in [-0.15, -0.1) is 5.10 Å². The molecule has 0 bridgehead atoms. The van der Waals surface area contributed by atoms with Gasteiger partial charge in [-0.2, -0.15) is 5.26 Å². The zero-order valence-electron chi connectivity index (χ0n) is 11.4. The number of rotatable bonds is 10. The number of hydrogen-bond donors (Lipinski definition) is 0. The average molecular weight is 248 g/mol. The maximum absolute atomic E-state index is 8.49. The Balaban J connectivity index is 2.05. The largest absolute Gasteiger partial charge is 0.252 e. The van der Waals surface area contributed by atoms with Gasteiger partial charge in [-0.1, -0.05) is 50.7 Å². The molecule has 0 saturated heterocycles. The molecule has 1 aromatic rings. The van der Waals surface area contributed by atoms with Crippen molar-refractivity contribution in [2.24, 2.45) is 0 Å². The number of nitriles is 1. The molecule has 0 radical (unpaired) electrons. The second-order valence-electron chi connectivity index (χ2n) is 4.75. The maximum atomic E-state index is 8.49. The Morgan fingerprint density at radius 1 is 1.17 bits per heavy atom. The van der Waals surface area contributed by atoms with Gasteiger partial charge in [0.15, 0.2) is 0 Å². The fourth-order valence-electron chi connectivity index (χ4n) is 1.98. The summed E-state index contributed by atoms with van der Waals surface area (Å²) in [6.07, 6.45) is 12.4. The Hall–Kier alpha value is -1.37. The zero-order chi connectivity index (χ0) is 13.1. The second kappa shape index (κ2) is 9.64. The lowest BCUT2D eigenvalue weighted by molar-refractivity contribution is 0.513. The van der Waals surface area contributed by atoms with E-state index < -0.39 is 0 Å². The maximum Gasteiger partial charge on any atom is 0.0837 e. The van der Waals surface area contributed by atoms with Crippen LogP contribution in [0.4, 0.5) is 0 Å². The third kappa shape index (κ3) is 6.39. The average Bonchev–Trinajstić information content (AvgIpc) is 2.83. The number of hydrogen-bond acceptors (Lipinski definition) is 3. The van der Waals surface area contributed by atoms with Crippen molar-refractivity contribution >= 4 is 0 Å². The van der Waals surface area contributed by atoms with E-state index in [1.807, 2.05) is 10.9 Å². The molecule has 0 fully saturated rings. The number of aromatic nitrogens is 3. The summed E-state index contributed by atoms with van der Waals surface area (Å²) in [5.41, 5.74) is 0.930. The van der Waals surface area contributed by atoms with Crippen molar-refractivity contribution in [1.29, 1.82) is 5.26 Å². The SMILES string of the molecule is CCCCCCCCCn1cc(CCC#N)nn1. The van der Waals surface area contributed by atoms with Crippen LogP contribution in [-0.4, -0.2) is 15.0 Å². The van der Waals surface area contributed by atoms with Crippen molar-refractivity contribution in [1.82, 2.24) is 15.0 Å². The summed E-state index contributed by atoms with van der Waals surface area (Å²) in [7, 11) is 0. The molecule has 0 atom stereocenters. The molecule has 0 spiro atoms. The van der Waals surface area contributed by atoms with E-state index in [4.69, 9.17) is 5.26 Å². The Kier molecular flexibility index (Phi) is 7.87. The topological polar surface area (TPSA) is 54.5 Å². The summed E-state index contributed by atoms with van der Waals surface area (Å²) in [5, 5.41) is 16.6. The summed E-state index contributed by atoms with van der Waals surface area (Å²) in [6, 6.07) is 2.13. The first-order valence-corrected chi connectivity index (χ1v) is 7.12. The molecular formula is C14H24N4. The third-order valence-corrected chi connectivity index (χ3v) is 3.07. The van der Waals surface area contributed by atoms with Crippen LogP contribution in [0.5, 0.6) is 0 Å². The van der Waals surface area contributed by atoms with Crippen molar-refractivity contribution in [2.45, 2.75) is 71.3 Å². The molecule has 4 nitrogen and oxygen atoms in total. The highest BCUT2D eigenvalue weighted by Gasteiger charge is 2.00. The Morgan fingerprint density at radius 2 is 1.89 bits per heavy atom. The highest BCUT2D eigenvalue weighted by Crippen LogP contribution is 2.07. The van der Waals surface area contributed by atoms with Gasteiger partial charge < -0.3 is 0 Å². The minimum absolute atomic E-state index is 0.524. The van der Waals surface area contributed by atoms with E-state index in [1.165, 1.54) is 44.9 Å². The van der Waals surface area contributed by atoms with E-state index in [0.717, 1.165) is 12.2 Å². The highest BCUT2D eigenvalue weighted by molar-refractivity contribution is 4.94. The van der Waals surface area contributed by atoms with Crippen molar-refractivity contribution < 1.29 is 0 Å². The van der Waals surface area contributed by atoms with E-state index in [0.29, 0.717) is 12.8 Å². The summed E-state index contributed by atoms with van der Waals surface area (Å²) < 4.78 is 1.90. The van der Waals surface area contributed by atoms with Crippen LogP contribution >= 0.6 is 0 Å². The van der Waals surface area contributed by atoms with Gasteiger partial charge in [0.1, 0.15) is 0 Å². The van der Waals surface area contributed by atoms with Crippen LogP contribution in [0.25, 0.3) is 0 Å². The molecule has 1 heterocycles. The summed E-state index contributed by atoms with van der Waals surface area (Å²) in [6.45, 7) is 3.20. The molecule has 0 N–H and O–H groups in total. The van der Waals surface area contributed by atoms with Crippen LogP contribution in [0.3, 0.4) is 0 Å². The summed E-state index contributed by atoms with van der Waals surface area (Å²) in [5.74, 6) is 0. The van der Waals surface area contributed by atoms with Crippen LogP contribution in [0, 0.1) is 11.3 Å². The fourth-order valence-corrected chi connectivity index (χ4v) is 1.98. The van der Waals surface area contributed by atoms with Gasteiger partial charge >= 0.3 is 0 Å². The molecule has 0 aromatic carbocycles. The lowest BCUT2D eigenvalue weighted by atomic mass is 10.1. The molecule has 1 rings (SSSR count). The predicted molar refractivity (Wildman–Crippen MR) is 71.9 cm³/mol. The van der Waals surface area contributed by atoms with Crippen LogP contribution < -0.4 is 0 Å². The Morgan fingerprint density at radius 3 is 2.61 bits per heavy atom. The van der Waals surface area contributed by atoms with E-state index in [-0.39, 0.29) is 0 Å². The van der Waals surface area contributed by atoms with E-state index in [1.54, 1.807) is 0 Å². The third-order valence-electron chi connectivity index (χ3n) is 3.07. The van der Waals surface area contributed by atoms with Gasteiger partial charge in [0.05, 0.1) is 11.8 Å². The number of unbranched alkanes of at least 4 members (excludes halogenated alkanes) is 6. The molecule has 0 amide bonds. The Bertz CT molecular complexity index is 351. The fraction of sp³-hybridized carbons (Fsp3) is 0.786. The molecule has 0 unspecified atom stereocenters. The minimum atomic E-state index is 0.524. The van der Waals surface area contributed by atoms with E-state index in [2.05, 4.69) is 23.3 Å². The van der Waals surface area contributed by atoms with Gasteiger partial charge in [0.2, 0.25) is 0 Å². The van der Waals surface area contributed by atoms with Crippen LogP contribution in [-0.2, 0) is 13.0 Å². The van der Waals surface area contributed by atoms with Crippen molar-refractivity contribution in [3.8, 4) is 6.07 Å². The molecule has 0 aliphatic rings. The van der Waals surface area contributed by atoms with E-state index in [9.17, 15) is 0 Å². The highest BCUT2D eigenvalue weighted by atomic mass is 15.4. The molecule has 0 saturated carbocycles. The second-order valence-corrected chi connectivity index (χ2v) is 4.75. The Labute approximate surface area is 110 Å². The smallest absolute Gasteiger partial charge is 0.0837 e. The number of nitrogens with zero attached hydrogens (tertiary/aromatic N) is 4. The first kappa shape index (κ1) is 14.7. The number of aryl methyl sites for hydroxylation is 2. The van der Waals surface area contributed by atoms with Crippen LogP contribution in [0.1, 0.15) is 64.0 Å².